The van der Waals surface area contributed by atoms with Gasteiger partial charge in [0.25, 0.3) is 0 Å². The summed E-state index contributed by atoms with van der Waals surface area (Å²) in [6, 6.07) is 5.72. The number of rotatable bonds is 6. The lowest BCUT2D eigenvalue weighted by atomic mass is 10.3. The molecule has 88 valence electrons. The van der Waals surface area contributed by atoms with Gasteiger partial charge in [-0.25, -0.2) is 4.39 Å². The first-order valence-electron chi connectivity index (χ1n) is 4.93. The van der Waals surface area contributed by atoms with Crippen molar-refractivity contribution in [3.8, 4) is 5.75 Å². The Morgan fingerprint density at radius 2 is 2.06 bits per heavy atom. The average Bonchev–Trinajstić information content (AvgIpc) is 2.27. The Bertz CT molecular complexity index is 329. The fourth-order valence-electron chi connectivity index (χ4n) is 1.06. The predicted molar refractivity (Wildman–Crippen MR) is 60.2 cm³/mol. The summed E-state index contributed by atoms with van der Waals surface area (Å²) >= 11 is 5.39. The highest BCUT2D eigenvalue weighted by molar-refractivity contribution is 6.18. The van der Waals surface area contributed by atoms with Gasteiger partial charge in [0.05, 0.1) is 6.54 Å². The Labute approximate surface area is 98.5 Å². The number of carbonyl (C=O) groups is 1. The molecule has 1 amide bonds. The summed E-state index contributed by atoms with van der Waals surface area (Å²) in [5, 5.41) is 2.64. The Balaban J connectivity index is 2.16. The maximum Gasteiger partial charge on any atom is 0.221 e. The number of ether oxygens (including phenoxy) is 1. The fourth-order valence-corrected chi connectivity index (χ4v) is 1.24. The summed E-state index contributed by atoms with van der Waals surface area (Å²) in [7, 11) is 0. The number of nitrogens with one attached hydrogen (secondary N) is 1. The molecule has 0 aliphatic carbocycles. The summed E-state index contributed by atoms with van der Waals surface area (Å²) < 4.78 is 17.8. The average molecular weight is 246 g/mol. The van der Waals surface area contributed by atoms with Gasteiger partial charge in [-0.2, -0.15) is 0 Å². The number of hydrogen-bond donors (Lipinski definition) is 1. The summed E-state index contributed by atoms with van der Waals surface area (Å²) in [6.45, 7) is 0.757. The van der Waals surface area contributed by atoms with E-state index < -0.39 is 0 Å². The lowest BCUT2D eigenvalue weighted by Gasteiger charge is -2.06. The quantitative estimate of drug-likeness (QED) is 0.615. The van der Waals surface area contributed by atoms with Gasteiger partial charge in [-0.3, -0.25) is 4.79 Å². The van der Waals surface area contributed by atoms with Crippen molar-refractivity contribution in [1.29, 1.82) is 0 Å². The van der Waals surface area contributed by atoms with Crippen molar-refractivity contribution in [2.24, 2.45) is 0 Å². The molecule has 0 unspecified atom stereocenters. The van der Waals surface area contributed by atoms with E-state index in [0.717, 1.165) is 0 Å². The summed E-state index contributed by atoms with van der Waals surface area (Å²) in [5.41, 5.74) is 0. The molecule has 0 aliphatic rings. The first-order chi connectivity index (χ1) is 7.72. The molecular formula is C11H13ClFNO2. The van der Waals surface area contributed by atoms with Crippen molar-refractivity contribution in [2.75, 3.05) is 19.0 Å². The SMILES string of the molecule is O=C(CCCl)NCCOc1ccc(F)cc1. The fraction of sp³-hybridized carbons (Fsp3) is 0.364. The monoisotopic (exact) mass is 245 g/mol. The normalized spacial score (nSPS) is 9.88. The van der Waals surface area contributed by atoms with Crippen molar-refractivity contribution < 1.29 is 13.9 Å². The molecule has 1 aromatic rings. The van der Waals surface area contributed by atoms with Gasteiger partial charge in [-0.1, -0.05) is 0 Å². The number of carbonyl (C=O) groups excluding carboxylic acids is 1. The van der Waals surface area contributed by atoms with Crippen LogP contribution in [0.5, 0.6) is 5.75 Å². The van der Waals surface area contributed by atoms with E-state index in [0.29, 0.717) is 31.2 Å². The lowest BCUT2D eigenvalue weighted by molar-refractivity contribution is -0.120. The number of halogens is 2. The Hall–Kier alpha value is -1.29. The predicted octanol–water partition coefficient (Wildman–Crippen LogP) is 1.95. The number of benzene rings is 1. The second-order valence-electron chi connectivity index (χ2n) is 3.09. The Morgan fingerprint density at radius 1 is 1.38 bits per heavy atom. The topological polar surface area (TPSA) is 38.3 Å². The third-order valence-corrected chi connectivity index (χ3v) is 2.02. The van der Waals surface area contributed by atoms with Gasteiger partial charge in [-0.15, -0.1) is 11.6 Å². The molecule has 0 fully saturated rings. The molecule has 0 bridgehead atoms. The largest absolute Gasteiger partial charge is 0.492 e. The van der Waals surface area contributed by atoms with Crippen LogP contribution in [0.15, 0.2) is 24.3 Å². The second-order valence-corrected chi connectivity index (χ2v) is 3.47. The van der Waals surface area contributed by atoms with Gasteiger partial charge in [0.2, 0.25) is 5.91 Å². The first kappa shape index (κ1) is 12.8. The van der Waals surface area contributed by atoms with Crippen molar-refractivity contribution in [1.82, 2.24) is 5.32 Å². The van der Waals surface area contributed by atoms with Crippen LogP contribution in [0.1, 0.15) is 6.42 Å². The van der Waals surface area contributed by atoms with E-state index in [1.54, 1.807) is 0 Å². The summed E-state index contributed by atoms with van der Waals surface area (Å²) in [4.78, 5) is 11.0. The van der Waals surface area contributed by atoms with Crippen molar-refractivity contribution in [3.63, 3.8) is 0 Å². The maximum atomic E-state index is 12.5. The molecule has 0 heterocycles. The third-order valence-electron chi connectivity index (χ3n) is 1.83. The third kappa shape index (κ3) is 4.98. The minimum atomic E-state index is -0.303. The molecule has 0 saturated carbocycles. The number of hydrogen-bond acceptors (Lipinski definition) is 2. The van der Waals surface area contributed by atoms with Crippen LogP contribution in [0.3, 0.4) is 0 Å². The van der Waals surface area contributed by atoms with Crippen LogP contribution in [-0.4, -0.2) is 24.9 Å². The van der Waals surface area contributed by atoms with Crippen LogP contribution >= 0.6 is 11.6 Å². The minimum absolute atomic E-state index is 0.0993. The van der Waals surface area contributed by atoms with Crippen LogP contribution in [0.25, 0.3) is 0 Å². The smallest absolute Gasteiger partial charge is 0.221 e. The molecule has 1 N–H and O–H groups in total. The van der Waals surface area contributed by atoms with E-state index in [-0.39, 0.29) is 11.7 Å². The molecule has 1 rings (SSSR count). The molecule has 5 heteroatoms. The molecule has 1 aromatic carbocycles. The van der Waals surface area contributed by atoms with E-state index in [2.05, 4.69) is 5.32 Å². The van der Waals surface area contributed by atoms with Crippen molar-refractivity contribution in [2.45, 2.75) is 6.42 Å². The maximum absolute atomic E-state index is 12.5. The molecule has 16 heavy (non-hydrogen) atoms. The van der Waals surface area contributed by atoms with Gasteiger partial charge in [0, 0.05) is 12.3 Å². The van der Waals surface area contributed by atoms with Crippen LogP contribution in [0.2, 0.25) is 0 Å². The zero-order valence-corrected chi connectivity index (χ0v) is 9.47. The summed E-state index contributed by atoms with van der Waals surface area (Å²) in [6.07, 6.45) is 0.304. The second kappa shape index (κ2) is 7.06. The highest BCUT2D eigenvalue weighted by Crippen LogP contribution is 2.10. The number of alkyl halides is 1. The van der Waals surface area contributed by atoms with E-state index in [1.807, 2.05) is 0 Å². The molecule has 0 saturated heterocycles. The van der Waals surface area contributed by atoms with Gasteiger partial charge in [0.15, 0.2) is 0 Å². The molecule has 0 aliphatic heterocycles. The van der Waals surface area contributed by atoms with Crippen LogP contribution < -0.4 is 10.1 Å². The Kier molecular flexibility index (Phi) is 5.64. The highest BCUT2D eigenvalue weighted by Gasteiger charge is 1.99. The molecule has 0 radical (unpaired) electrons. The van der Waals surface area contributed by atoms with Crippen LogP contribution in [0, 0.1) is 5.82 Å². The standard InChI is InChI=1S/C11H13ClFNO2/c12-6-5-11(15)14-7-8-16-10-3-1-9(13)2-4-10/h1-4H,5-8H2,(H,14,15). The van der Waals surface area contributed by atoms with Gasteiger partial charge >= 0.3 is 0 Å². The minimum Gasteiger partial charge on any atom is -0.492 e. The molecule has 0 aromatic heterocycles. The van der Waals surface area contributed by atoms with Crippen LogP contribution in [-0.2, 0) is 4.79 Å². The van der Waals surface area contributed by atoms with E-state index in [9.17, 15) is 9.18 Å². The van der Waals surface area contributed by atoms with E-state index >= 15 is 0 Å². The summed E-state index contributed by atoms with van der Waals surface area (Å²) in [5.74, 6) is 0.485. The van der Waals surface area contributed by atoms with Gasteiger partial charge in [-0.05, 0) is 24.3 Å². The van der Waals surface area contributed by atoms with Crippen molar-refractivity contribution >= 4 is 17.5 Å². The zero-order chi connectivity index (χ0) is 11.8. The highest BCUT2D eigenvalue weighted by atomic mass is 35.5. The molecule has 0 atom stereocenters. The lowest BCUT2D eigenvalue weighted by Crippen LogP contribution is -2.28. The molecular weight excluding hydrogens is 233 g/mol. The van der Waals surface area contributed by atoms with Gasteiger partial charge < -0.3 is 10.1 Å². The Morgan fingerprint density at radius 3 is 2.69 bits per heavy atom. The first-order valence-corrected chi connectivity index (χ1v) is 5.47. The molecule has 3 nitrogen and oxygen atoms in total. The van der Waals surface area contributed by atoms with E-state index in [1.165, 1.54) is 24.3 Å². The zero-order valence-electron chi connectivity index (χ0n) is 8.71. The van der Waals surface area contributed by atoms with Gasteiger partial charge in [0.1, 0.15) is 18.2 Å². The molecule has 0 spiro atoms. The van der Waals surface area contributed by atoms with Crippen LogP contribution in [0.4, 0.5) is 4.39 Å². The van der Waals surface area contributed by atoms with E-state index in [4.69, 9.17) is 16.3 Å². The van der Waals surface area contributed by atoms with Crippen molar-refractivity contribution in [3.05, 3.63) is 30.1 Å². The number of amides is 1.